The summed E-state index contributed by atoms with van der Waals surface area (Å²) in [6.45, 7) is 13.9. The highest BCUT2D eigenvalue weighted by Crippen LogP contribution is 2.63. The topological polar surface area (TPSA) is 42.2 Å². The number of nitriles is 1. The molecule has 2 aliphatic rings. The van der Waals surface area contributed by atoms with Crippen molar-refractivity contribution in [2.75, 3.05) is 6.61 Å². The summed E-state index contributed by atoms with van der Waals surface area (Å²) in [7, 11) is 0. The summed E-state index contributed by atoms with van der Waals surface area (Å²) in [4.78, 5) is 0. The smallest absolute Gasteiger partial charge is 0.162 e. The van der Waals surface area contributed by atoms with Crippen LogP contribution in [0, 0.1) is 40.4 Å². The van der Waals surface area contributed by atoms with Crippen molar-refractivity contribution in [2.45, 2.75) is 92.0 Å². The molecular weight excluding hydrogens is 298 g/mol. The van der Waals surface area contributed by atoms with Crippen LogP contribution in [0.5, 0.6) is 0 Å². The molecule has 2 fully saturated rings. The second kappa shape index (κ2) is 7.75. The molecule has 24 heavy (non-hydrogen) atoms. The first-order chi connectivity index (χ1) is 11.4. The zero-order chi connectivity index (χ0) is 18.0. The summed E-state index contributed by atoms with van der Waals surface area (Å²) in [5, 5.41) is 10.1. The van der Waals surface area contributed by atoms with E-state index in [9.17, 15) is 5.26 Å². The average Bonchev–Trinajstić information content (AvgIpc) is 2.86. The molecule has 0 amide bonds. The normalized spacial score (nSPS) is 41.5. The quantitative estimate of drug-likeness (QED) is 0.573. The van der Waals surface area contributed by atoms with Gasteiger partial charge in [0.2, 0.25) is 0 Å². The van der Waals surface area contributed by atoms with Crippen molar-refractivity contribution in [3.63, 3.8) is 0 Å². The lowest BCUT2D eigenvalue weighted by Gasteiger charge is -2.52. The van der Waals surface area contributed by atoms with Crippen molar-refractivity contribution < 1.29 is 9.47 Å². The van der Waals surface area contributed by atoms with E-state index in [0.29, 0.717) is 12.5 Å². The van der Waals surface area contributed by atoms with E-state index < -0.39 is 5.60 Å². The molecule has 3 heteroatoms. The van der Waals surface area contributed by atoms with E-state index >= 15 is 0 Å². The third-order valence-electron chi connectivity index (χ3n) is 7.41. The van der Waals surface area contributed by atoms with Gasteiger partial charge in [0.25, 0.3) is 0 Å². The molecule has 0 radical (unpaired) electrons. The maximum atomic E-state index is 10.1. The predicted molar refractivity (Wildman–Crippen MR) is 97.3 cm³/mol. The minimum atomic E-state index is -0.680. The van der Waals surface area contributed by atoms with Gasteiger partial charge in [0, 0.05) is 12.0 Å². The molecule has 0 aromatic carbocycles. The van der Waals surface area contributed by atoms with E-state index in [-0.39, 0.29) is 11.7 Å². The van der Waals surface area contributed by atoms with Crippen LogP contribution in [-0.4, -0.2) is 18.5 Å². The Morgan fingerprint density at radius 2 is 1.88 bits per heavy atom. The molecular formula is C21H37NO2. The lowest BCUT2D eigenvalue weighted by Crippen LogP contribution is -2.53. The molecule has 2 rings (SSSR count). The van der Waals surface area contributed by atoms with Crippen molar-refractivity contribution in [3.8, 4) is 6.07 Å². The zero-order valence-corrected chi connectivity index (χ0v) is 16.6. The minimum absolute atomic E-state index is 0.0439. The standard InChI is InChI=1S/C21H37NO2/c1-7-15(4)18-10-12-20(6)19(17(18)8-2)11-13-21(20,14-22)24-16(5)23-9-3/h15-19H,7-13H2,1-6H3/t15-,16?,17-,18?,19?,20+,21?/m1/s1. The monoisotopic (exact) mass is 335 g/mol. The van der Waals surface area contributed by atoms with Gasteiger partial charge >= 0.3 is 0 Å². The predicted octanol–water partition coefficient (Wildman–Crippen LogP) is 5.55. The Labute approximate surface area is 149 Å². The molecule has 4 unspecified atom stereocenters. The maximum Gasteiger partial charge on any atom is 0.162 e. The van der Waals surface area contributed by atoms with Crippen LogP contribution in [0.4, 0.5) is 0 Å². The molecule has 0 bridgehead atoms. The lowest BCUT2D eigenvalue weighted by molar-refractivity contribution is -0.220. The highest BCUT2D eigenvalue weighted by Gasteiger charge is 2.63. The highest BCUT2D eigenvalue weighted by molar-refractivity contribution is 5.20. The molecule has 0 aliphatic heterocycles. The Balaban J connectivity index is 2.28. The summed E-state index contributed by atoms with van der Waals surface area (Å²) < 4.78 is 11.9. The Bertz CT molecular complexity index is 459. The third-order valence-corrected chi connectivity index (χ3v) is 7.41. The first-order valence-electron chi connectivity index (χ1n) is 10.1. The number of nitrogens with zero attached hydrogens (tertiary/aromatic N) is 1. The van der Waals surface area contributed by atoms with Gasteiger partial charge in [-0.15, -0.1) is 0 Å². The largest absolute Gasteiger partial charge is 0.353 e. The van der Waals surface area contributed by atoms with Gasteiger partial charge in [-0.05, 0) is 63.2 Å². The van der Waals surface area contributed by atoms with E-state index in [1.165, 1.54) is 19.3 Å². The highest BCUT2D eigenvalue weighted by atomic mass is 16.7. The number of fused-ring (bicyclic) bond motifs is 1. The minimum Gasteiger partial charge on any atom is -0.353 e. The van der Waals surface area contributed by atoms with Gasteiger partial charge in [0.05, 0.1) is 6.07 Å². The lowest BCUT2D eigenvalue weighted by atomic mass is 9.54. The van der Waals surface area contributed by atoms with E-state index in [2.05, 4.69) is 33.8 Å². The van der Waals surface area contributed by atoms with Crippen LogP contribution >= 0.6 is 0 Å². The van der Waals surface area contributed by atoms with Crippen LogP contribution in [0.1, 0.15) is 80.1 Å². The van der Waals surface area contributed by atoms with Crippen molar-refractivity contribution in [1.82, 2.24) is 0 Å². The van der Waals surface area contributed by atoms with E-state index in [1.54, 1.807) is 0 Å². The first kappa shape index (κ1) is 19.7. The number of hydrogen-bond donors (Lipinski definition) is 0. The van der Waals surface area contributed by atoms with Crippen LogP contribution in [0.25, 0.3) is 0 Å². The molecule has 0 N–H and O–H groups in total. The van der Waals surface area contributed by atoms with Gasteiger partial charge in [0.15, 0.2) is 11.9 Å². The molecule has 3 nitrogen and oxygen atoms in total. The Morgan fingerprint density at radius 1 is 1.17 bits per heavy atom. The molecule has 0 saturated heterocycles. The van der Waals surface area contributed by atoms with Gasteiger partial charge in [0.1, 0.15) is 0 Å². The summed E-state index contributed by atoms with van der Waals surface area (Å²) in [5.41, 5.74) is -0.724. The first-order valence-corrected chi connectivity index (χ1v) is 10.1. The van der Waals surface area contributed by atoms with Crippen molar-refractivity contribution in [2.24, 2.45) is 29.1 Å². The van der Waals surface area contributed by atoms with Gasteiger partial charge in [-0.3, -0.25) is 0 Å². The van der Waals surface area contributed by atoms with Crippen molar-refractivity contribution in [3.05, 3.63) is 0 Å². The fraction of sp³-hybridized carbons (Fsp3) is 0.952. The van der Waals surface area contributed by atoms with Crippen LogP contribution in [0.15, 0.2) is 0 Å². The van der Waals surface area contributed by atoms with Crippen molar-refractivity contribution in [1.29, 1.82) is 5.26 Å². The summed E-state index contributed by atoms with van der Waals surface area (Å²) >= 11 is 0. The molecule has 0 aromatic rings. The summed E-state index contributed by atoms with van der Waals surface area (Å²) in [6, 6.07) is 2.61. The Morgan fingerprint density at radius 3 is 2.42 bits per heavy atom. The van der Waals surface area contributed by atoms with Gasteiger partial charge < -0.3 is 9.47 Å². The van der Waals surface area contributed by atoms with Gasteiger partial charge in [-0.25, -0.2) is 0 Å². The molecule has 0 spiro atoms. The van der Waals surface area contributed by atoms with E-state index in [1.807, 2.05) is 13.8 Å². The van der Waals surface area contributed by atoms with Crippen LogP contribution in [0.3, 0.4) is 0 Å². The van der Waals surface area contributed by atoms with E-state index in [4.69, 9.17) is 9.47 Å². The molecule has 138 valence electrons. The number of rotatable bonds is 7. The van der Waals surface area contributed by atoms with Gasteiger partial charge in [-0.1, -0.05) is 40.5 Å². The zero-order valence-electron chi connectivity index (χ0n) is 16.6. The van der Waals surface area contributed by atoms with Crippen molar-refractivity contribution >= 4 is 0 Å². The van der Waals surface area contributed by atoms with Crippen LogP contribution in [-0.2, 0) is 9.47 Å². The molecule has 7 atom stereocenters. The fourth-order valence-corrected chi connectivity index (χ4v) is 5.87. The number of hydrogen-bond acceptors (Lipinski definition) is 3. The Kier molecular flexibility index (Phi) is 6.37. The summed E-state index contributed by atoms with van der Waals surface area (Å²) in [5.74, 6) is 2.90. The molecule has 0 heterocycles. The summed E-state index contributed by atoms with van der Waals surface area (Å²) in [6.07, 6.45) is 6.48. The molecule has 0 aromatic heterocycles. The maximum absolute atomic E-state index is 10.1. The number of ether oxygens (including phenoxy) is 2. The third kappa shape index (κ3) is 3.13. The molecule has 2 aliphatic carbocycles. The fourth-order valence-electron chi connectivity index (χ4n) is 5.87. The second-order valence-electron chi connectivity index (χ2n) is 8.30. The average molecular weight is 336 g/mol. The Hall–Kier alpha value is -0.590. The SMILES string of the molecule is CCOC(C)OC1(C#N)CCC2[C@H](CC)C([C@H](C)CC)CC[C@@]21C. The van der Waals surface area contributed by atoms with E-state index in [0.717, 1.165) is 37.0 Å². The van der Waals surface area contributed by atoms with Crippen LogP contribution < -0.4 is 0 Å². The van der Waals surface area contributed by atoms with Crippen LogP contribution in [0.2, 0.25) is 0 Å². The molecule has 2 saturated carbocycles. The van der Waals surface area contributed by atoms with Gasteiger partial charge in [-0.2, -0.15) is 5.26 Å². The second-order valence-corrected chi connectivity index (χ2v) is 8.30.